The monoisotopic (exact) mass is 570 g/mol. The average Bonchev–Trinajstić information content (AvgIpc) is 2.94. The summed E-state index contributed by atoms with van der Waals surface area (Å²) in [6.07, 6.45) is 5.43. The number of methoxy groups -OCH3 is 2. The molecule has 1 aromatic carbocycles. The van der Waals surface area contributed by atoms with E-state index in [9.17, 15) is 4.79 Å². The zero-order valence-corrected chi connectivity index (χ0v) is 23.3. The van der Waals surface area contributed by atoms with Gasteiger partial charge in [-0.25, -0.2) is 15.0 Å². The highest BCUT2D eigenvalue weighted by atomic mass is 35.5. The van der Waals surface area contributed by atoms with E-state index < -0.39 is 0 Å². The summed E-state index contributed by atoms with van der Waals surface area (Å²) in [6, 6.07) is 3.21. The molecule has 2 atom stereocenters. The topological polar surface area (TPSA) is 111 Å². The first-order valence-electron chi connectivity index (χ1n) is 12.3. The predicted molar refractivity (Wildman–Crippen MR) is 150 cm³/mol. The van der Waals surface area contributed by atoms with Gasteiger partial charge in [0.2, 0.25) is 11.9 Å². The maximum absolute atomic E-state index is 11.9. The number of aromatic nitrogens is 3. The van der Waals surface area contributed by atoms with Crippen molar-refractivity contribution in [3.8, 4) is 22.8 Å². The molecule has 3 aromatic rings. The van der Waals surface area contributed by atoms with Crippen molar-refractivity contribution in [2.24, 2.45) is 0 Å². The fourth-order valence-corrected chi connectivity index (χ4v) is 5.55. The van der Waals surface area contributed by atoms with Gasteiger partial charge in [0.15, 0.2) is 0 Å². The minimum atomic E-state index is -0.234. The third-order valence-electron chi connectivity index (χ3n) is 6.83. The number of fused-ring (bicyclic) bond motifs is 3. The number of benzene rings is 1. The number of nitrogens with zero attached hydrogens (tertiary/aromatic N) is 4. The van der Waals surface area contributed by atoms with E-state index in [2.05, 4.69) is 22.2 Å². The SMILES string of the molecule is C=CC(=O)N[C@H]1CCOC[C@H]1Nc1ncc2c(n1)-c1c(C)ccnc1N(c1c(Cl)c(OC)cc(OC)c1Cl)C2. The van der Waals surface area contributed by atoms with Crippen molar-refractivity contribution in [2.75, 3.05) is 37.7 Å². The van der Waals surface area contributed by atoms with Gasteiger partial charge in [0.05, 0.1) is 50.8 Å². The number of anilines is 3. The minimum absolute atomic E-state index is 0.151. The highest BCUT2D eigenvalue weighted by Gasteiger charge is 2.33. The van der Waals surface area contributed by atoms with Crippen LogP contribution in [0.15, 0.2) is 37.2 Å². The number of halogens is 2. The van der Waals surface area contributed by atoms with E-state index in [1.807, 2.05) is 17.9 Å². The molecule has 0 aliphatic carbocycles. The smallest absolute Gasteiger partial charge is 0.243 e. The van der Waals surface area contributed by atoms with Gasteiger partial charge in [-0.1, -0.05) is 29.8 Å². The van der Waals surface area contributed by atoms with Crippen LogP contribution < -0.4 is 25.0 Å². The standard InChI is InChI=1S/C27H28Cl2N6O4/c1-5-20(36)32-16-7-9-39-13-17(16)33-27-31-11-15-12-35(26-21(24(15)34-27)14(2)6-8-30-26)25-22(28)18(37-3)10-19(38-4)23(25)29/h5-6,8,10-11,16-17H,1,7,9,12-13H2,2-4H3,(H,32,36)(H,31,33,34)/t16-,17+/m0/s1. The van der Waals surface area contributed by atoms with Crippen molar-refractivity contribution in [3.05, 3.63) is 58.4 Å². The van der Waals surface area contributed by atoms with Gasteiger partial charge in [-0.05, 0) is 31.1 Å². The van der Waals surface area contributed by atoms with Gasteiger partial charge in [0, 0.05) is 36.2 Å². The Hall–Kier alpha value is -3.60. The molecule has 0 radical (unpaired) electrons. The molecule has 10 nitrogen and oxygen atoms in total. The third-order valence-corrected chi connectivity index (χ3v) is 7.56. The summed E-state index contributed by atoms with van der Waals surface area (Å²) in [5, 5.41) is 6.98. The van der Waals surface area contributed by atoms with Gasteiger partial charge in [-0.2, -0.15) is 0 Å². The van der Waals surface area contributed by atoms with Crippen molar-refractivity contribution in [3.63, 3.8) is 0 Å². The average molecular weight is 571 g/mol. The molecule has 0 saturated carbocycles. The van der Waals surface area contributed by atoms with Crippen LogP contribution in [-0.4, -0.2) is 60.4 Å². The summed E-state index contributed by atoms with van der Waals surface area (Å²) in [7, 11) is 3.07. The quantitative estimate of drug-likeness (QED) is 0.390. The fraction of sp³-hybridized carbons (Fsp3) is 0.333. The summed E-state index contributed by atoms with van der Waals surface area (Å²) >= 11 is 13.6. The molecular weight excluding hydrogens is 543 g/mol. The zero-order chi connectivity index (χ0) is 27.7. The van der Waals surface area contributed by atoms with Crippen LogP contribution in [0, 0.1) is 6.92 Å². The molecule has 4 heterocycles. The lowest BCUT2D eigenvalue weighted by Crippen LogP contribution is -2.52. The fourth-order valence-electron chi connectivity index (χ4n) is 4.85. The van der Waals surface area contributed by atoms with Crippen LogP contribution in [0.3, 0.4) is 0 Å². The molecule has 2 aliphatic rings. The maximum atomic E-state index is 11.9. The lowest BCUT2D eigenvalue weighted by Gasteiger charge is -2.34. The van der Waals surface area contributed by atoms with Crippen LogP contribution in [0.4, 0.5) is 17.5 Å². The van der Waals surface area contributed by atoms with Gasteiger partial charge < -0.3 is 29.7 Å². The molecule has 1 fully saturated rings. The number of rotatable bonds is 7. The van der Waals surface area contributed by atoms with E-state index in [4.69, 9.17) is 47.4 Å². The Bertz CT molecular complexity index is 1410. The van der Waals surface area contributed by atoms with Crippen molar-refractivity contribution >= 4 is 46.6 Å². The Kier molecular flexibility index (Phi) is 7.79. The summed E-state index contributed by atoms with van der Waals surface area (Å²) < 4.78 is 16.6. The van der Waals surface area contributed by atoms with Crippen LogP contribution in [-0.2, 0) is 16.1 Å². The van der Waals surface area contributed by atoms with E-state index in [-0.39, 0.29) is 18.0 Å². The lowest BCUT2D eigenvalue weighted by atomic mass is 9.98. The molecule has 204 valence electrons. The molecule has 1 amide bonds. The Morgan fingerprint density at radius 3 is 2.64 bits per heavy atom. The molecular formula is C27H28Cl2N6O4. The maximum Gasteiger partial charge on any atom is 0.243 e. The van der Waals surface area contributed by atoms with Crippen molar-refractivity contribution in [2.45, 2.75) is 32.0 Å². The number of pyridine rings is 1. The van der Waals surface area contributed by atoms with E-state index >= 15 is 0 Å². The van der Waals surface area contributed by atoms with Gasteiger partial charge in [0.1, 0.15) is 27.4 Å². The number of hydrogen-bond donors (Lipinski definition) is 2. The number of carbonyl (C=O) groups is 1. The number of hydrogen-bond acceptors (Lipinski definition) is 9. The van der Waals surface area contributed by atoms with Gasteiger partial charge in [-0.15, -0.1) is 0 Å². The van der Waals surface area contributed by atoms with Crippen LogP contribution in [0.5, 0.6) is 11.5 Å². The van der Waals surface area contributed by atoms with E-state index in [0.29, 0.717) is 65.2 Å². The first kappa shape index (κ1) is 27.0. The third kappa shape index (κ3) is 5.07. The second-order valence-electron chi connectivity index (χ2n) is 9.17. The molecule has 2 aromatic heterocycles. The van der Waals surface area contributed by atoms with Gasteiger partial charge in [-0.3, -0.25) is 4.79 Å². The molecule has 1 saturated heterocycles. The second kappa shape index (κ2) is 11.3. The number of aryl methyl sites for hydroxylation is 1. The number of amides is 1. The Morgan fingerprint density at radius 2 is 1.95 bits per heavy atom. The van der Waals surface area contributed by atoms with E-state index in [1.165, 1.54) is 20.3 Å². The van der Waals surface area contributed by atoms with E-state index in [0.717, 1.165) is 22.4 Å². The zero-order valence-electron chi connectivity index (χ0n) is 21.8. The first-order valence-corrected chi connectivity index (χ1v) is 13.1. The normalized spacial score (nSPS) is 18.0. The Morgan fingerprint density at radius 1 is 1.21 bits per heavy atom. The highest BCUT2D eigenvalue weighted by Crippen LogP contribution is 2.51. The second-order valence-corrected chi connectivity index (χ2v) is 9.93. The summed E-state index contributed by atoms with van der Waals surface area (Å²) in [5.41, 5.74) is 3.91. The molecule has 0 spiro atoms. The highest BCUT2D eigenvalue weighted by molar-refractivity contribution is 6.41. The van der Waals surface area contributed by atoms with Crippen molar-refractivity contribution in [1.82, 2.24) is 20.3 Å². The van der Waals surface area contributed by atoms with E-state index in [1.54, 1.807) is 18.5 Å². The van der Waals surface area contributed by atoms with Crippen LogP contribution in [0.1, 0.15) is 17.5 Å². The van der Waals surface area contributed by atoms with Crippen LogP contribution >= 0.6 is 23.2 Å². The summed E-state index contributed by atoms with van der Waals surface area (Å²) in [5.74, 6) is 1.68. The summed E-state index contributed by atoms with van der Waals surface area (Å²) in [6.45, 7) is 6.86. The van der Waals surface area contributed by atoms with Crippen LogP contribution in [0.2, 0.25) is 10.0 Å². The molecule has 2 aliphatic heterocycles. The largest absolute Gasteiger partial charge is 0.495 e. The minimum Gasteiger partial charge on any atom is -0.495 e. The van der Waals surface area contributed by atoms with Gasteiger partial charge >= 0.3 is 0 Å². The number of ether oxygens (including phenoxy) is 3. The van der Waals surface area contributed by atoms with Gasteiger partial charge in [0.25, 0.3) is 0 Å². The Labute approximate surface area is 236 Å². The lowest BCUT2D eigenvalue weighted by molar-refractivity contribution is -0.117. The molecule has 39 heavy (non-hydrogen) atoms. The molecule has 0 unspecified atom stereocenters. The van der Waals surface area contributed by atoms with Crippen molar-refractivity contribution < 1.29 is 19.0 Å². The Balaban J connectivity index is 1.55. The van der Waals surface area contributed by atoms with Crippen LogP contribution in [0.25, 0.3) is 11.3 Å². The number of carbonyl (C=O) groups excluding carboxylic acids is 1. The van der Waals surface area contributed by atoms with Crippen molar-refractivity contribution in [1.29, 1.82) is 0 Å². The molecule has 12 heteroatoms. The first-order chi connectivity index (χ1) is 18.9. The predicted octanol–water partition coefficient (Wildman–Crippen LogP) is 4.69. The molecule has 0 bridgehead atoms. The molecule has 2 N–H and O–H groups in total. The molecule has 5 rings (SSSR count). The number of nitrogens with one attached hydrogen (secondary N) is 2. The summed E-state index contributed by atoms with van der Waals surface area (Å²) in [4.78, 5) is 28.0.